The van der Waals surface area contributed by atoms with E-state index in [0.29, 0.717) is 4.88 Å². The van der Waals surface area contributed by atoms with Gasteiger partial charge in [-0.3, -0.25) is 0 Å². The number of hydrogen-bond donors (Lipinski definition) is 1. The first-order chi connectivity index (χ1) is 6.73. The van der Waals surface area contributed by atoms with Crippen molar-refractivity contribution >= 4 is 37.1 Å². The molecule has 0 aromatic carbocycles. The highest BCUT2D eigenvalue weighted by Crippen LogP contribution is 2.33. The molecule has 1 rings (SSSR count). The van der Waals surface area contributed by atoms with Crippen LogP contribution in [0.15, 0.2) is 9.85 Å². The molecule has 1 aromatic heterocycles. The molecule has 1 aromatic rings. The van der Waals surface area contributed by atoms with E-state index in [2.05, 4.69) is 15.9 Å². The molecular formula is C9H13BrO3S2. The van der Waals surface area contributed by atoms with Gasteiger partial charge in [0, 0.05) is 11.1 Å². The van der Waals surface area contributed by atoms with Gasteiger partial charge in [-0.05, 0) is 41.4 Å². The highest BCUT2D eigenvalue weighted by molar-refractivity contribution is 9.11. The van der Waals surface area contributed by atoms with Gasteiger partial charge in [0.15, 0.2) is 9.84 Å². The lowest BCUT2D eigenvalue weighted by Crippen LogP contribution is -2.23. The van der Waals surface area contributed by atoms with Crippen molar-refractivity contribution in [2.24, 2.45) is 0 Å². The van der Waals surface area contributed by atoms with Gasteiger partial charge in [-0.1, -0.05) is 0 Å². The van der Waals surface area contributed by atoms with Crippen molar-refractivity contribution in [1.82, 2.24) is 0 Å². The van der Waals surface area contributed by atoms with E-state index >= 15 is 0 Å². The Morgan fingerprint density at radius 1 is 1.53 bits per heavy atom. The number of sulfone groups is 1. The molecule has 0 radical (unpaired) electrons. The summed E-state index contributed by atoms with van der Waals surface area (Å²) in [5.41, 5.74) is 1.01. The summed E-state index contributed by atoms with van der Waals surface area (Å²) in [5, 5.41) is 9.10. The van der Waals surface area contributed by atoms with Crippen LogP contribution >= 0.6 is 27.3 Å². The number of thiophene rings is 1. The third-order valence-corrected chi connectivity index (χ3v) is 6.10. The van der Waals surface area contributed by atoms with Gasteiger partial charge < -0.3 is 5.11 Å². The molecule has 0 amide bonds. The van der Waals surface area contributed by atoms with Crippen molar-refractivity contribution in [3.8, 4) is 0 Å². The van der Waals surface area contributed by atoms with Crippen molar-refractivity contribution in [3.05, 3.63) is 20.3 Å². The first kappa shape index (κ1) is 13.2. The summed E-state index contributed by atoms with van der Waals surface area (Å²) in [4.78, 5) is 0.678. The number of rotatable bonds is 3. The minimum absolute atomic E-state index is 0.678. The number of halogens is 1. The minimum Gasteiger partial charge on any atom is -0.386 e. The van der Waals surface area contributed by atoms with Crippen LogP contribution < -0.4 is 0 Å². The molecule has 1 heterocycles. The minimum atomic E-state index is -3.21. The molecule has 15 heavy (non-hydrogen) atoms. The number of hydrogen-bond acceptors (Lipinski definition) is 4. The highest BCUT2D eigenvalue weighted by Gasteiger charge is 2.26. The molecular weight excluding hydrogens is 300 g/mol. The Hall–Kier alpha value is 0.0900. The van der Waals surface area contributed by atoms with Gasteiger partial charge in [-0.2, -0.15) is 0 Å². The Morgan fingerprint density at radius 3 is 2.40 bits per heavy atom. The lowest BCUT2D eigenvalue weighted by Gasteiger charge is -2.15. The molecule has 2 unspecified atom stereocenters. The van der Waals surface area contributed by atoms with Crippen LogP contribution in [0.2, 0.25) is 0 Å². The molecule has 3 nitrogen and oxygen atoms in total. The van der Waals surface area contributed by atoms with Gasteiger partial charge in [0.1, 0.15) is 6.10 Å². The number of aliphatic hydroxyl groups excluding tert-OH is 1. The van der Waals surface area contributed by atoms with Gasteiger partial charge in [-0.25, -0.2) is 8.42 Å². The zero-order valence-electron chi connectivity index (χ0n) is 8.69. The molecule has 0 aliphatic carbocycles. The fourth-order valence-corrected chi connectivity index (χ4v) is 3.46. The predicted molar refractivity (Wildman–Crippen MR) is 66.0 cm³/mol. The zero-order valence-corrected chi connectivity index (χ0v) is 11.9. The Morgan fingerprint density at radius 2 is 2.07 bits per heavy atom. The van der Waals surface area contributed by atoms with Crippen molar-refractivity contribution in [1.29, 1.82) is 0 Å². The van der Waals surface area contributed by atoms with Crippen LogP contribution in [0, 0.1) is 6.92 Å². The van der Waals surface area contributed by atoms with Gasteiger partial charge in [0.05, 0.1) is 9.04 Å². The lowest BCUT2D eigenvalue weighted by atomic mass is 10.2. The summed E-state index contributed by atoms with van der Waals surface area (Å²) in [7, 11) is -3.21. The van der Waals surface area contributed by atoms with Crippen molar-refractivity contribution in [3.63, 3.8) is 0 Å². The van der Waals surface area contributed by atoms with Gasteiger partial charge in [-0.15, -0.1) is 11.3 Å². The zero-order chi connectivity index (χ0) is 11.8. The largest absolute Gasteiger partial charge is 0.386 e. The average molecular weight is 313 g/mol. The lowest BCUT2D eigenvalue weighted by molar-refractivity contribution is 0.180. The molecule has 1 N–H and O–H groups in total. The maximum atomic E-state index is 11.3. The second-order valence-electron chi connectivity index (χ2n) is 3.58. The van der Waals surface area contributed by atoms with Crippen LogP contribution in [0.3, 0.4) is 0 Å². The topological polar surface area (TPSA) is 54.4 Å². The number of aryl methyl sites for hydroxylation is 1. The third-order valence-electron chi connectivity index (χ3n) is 2.29. The summed E-state index contributed by atoms with van der Waals surface area (Å²) in [5.74, 6) is 0. The van der Waals surface area contributed by atoms with Gasteiger partial charge >= 0.3 is 0 Å². The quantitative estimate of drug-likeness (QED) is 0.931. The van der Waals surface area contributed by atoms with Gasteiger partial charge in [0.2, 0.25) is 0 Å². The van der Waals surface area contributed by atoms with E-state index < -0.39 is 21.2 Å². The molecule has 0 spiro atoms. The van der Waals surface area contributed by atoms with E-state index in [1.165, 1.54) is 18.3 Å². The molecule has 0 saturated heterocycles. The van der Waals surface area contributed by atoms with Gasteiger partial charge in [0.25, 0.3) is 0 Å². The Labute approximate surface area is 102 Å². The second-order valence-corrected chi connectivity index (χ2v) is 8.39. The molecule has 0 fully saturated rings. The van der Waals surface area contributed by atoms with Crippen molar-refractivity contribution < 1.29 is 13.5 Å². The Balaban J connectivity index is 3.00. The summed E-state index contributed by atoms with van der Waals surface area (Å²) in [6.07, 6.45) is 0.186. The van der Waals surface area contributed by atoms with Crippen LogP contribution in [-0.2, 0) is 9.84 Å². The van der Waals surface area contributed by atoms with E-state index in [4.69, 9.17) is 0 Å². The van der Waals surface area contributed by atoms with Crippen LogP contribution in [0.5, 0.6) is 0 Å². The van der Waals surface area contributed by atoms with Crippen molar-refractivity contribution in [2.75, 3.05) is 6.26 Å². The van der Waals surface area contributed by atoms with Crippen LogP contribution in [0.1, 0.15) is 23.5 Å². The highest BCUT2D eigenvalue weighted by atomic mass is 79.9. The monoisotopic (exact) mass is 312 g/mol. The Bertz CT molecular complexity index is 430. The van der Waals surface area contributed by atoms with E-state index in [0.717, 1.165) is 15.6 Å². The predicted octanol–water partition coefficient (Wildman–Crippen LogP) is 2.29. The maximum Gasteiger partial charge on any atom is 0.152 e. The SMILES string of the molecule is Cc1cc(C(O)C(C)S(C)(=O)=O)sc1Br. The van der Waals surface area contributed by atoms with Crippen LogP contribution in [0.4, 0.5) is 0 Å². The fourth-order valence-electron chi connectivity index (χ4n) is 1.09. The molecule has 0 aliphatic rings. The molecule has 0 aliphatic heterocycles. The second kappa shape index (κ2) is 4.53. The third kappa shape index (κ3) is 3.03. The van der Waals surface area contributed by atoms with E-state index in [9.17, 15) is 13.5 Å². The first-order valence-electron chi connectivity index (χ1n) is 4.36. The van der Waals surface area contributed by atoms with E-state index in [-0.39, 0.29) is 0 Å². The van der Waals surface area contributed by atoms with E-state index in [1.807, 2.05) is 6.92 Å². The summed E-state index contributed by atoms with van der Waals surface area (Å²) in [6, 6.07) is 1.81. The molecule has 0 bridgehead atoms. The van der Waals surface area contributed by atoms with Crippen LogP contribution in [0.25, 0.3) is 0 Å². The molecule has 0 saturated carbocycles. The molecule has 6 heteroatoms. The molecule has 86 valence electrons. The summed E-state index contributed by atoms with van der Waals surface area (Å²) in [6.45, 7) is 3.42. The van der Waals surface area contributed by atoms with Crippen molar-refractivity contribution in [2.45, 2.75) is 25.2 Å². The average Bonchev–Trinajstić information content (AvgIpc) is 2.43. The number of aliphatic hydroxyl groups is 1. The summed E-state index contributed by atoms with van der Waals surface area (Å²) >= 11 is 4.71. The first-order valence-corrected chi connectivity index (χ1v) is 7.92. The summed E-state index contributed by atoms with van der Waals surface area (Å²) < 4.78 is 23.5. The standard InChI is InChI=1S/C9H13BrO3S2/c1-5-4-7(14-9(5)10)8(11)6(2)15(3,12)13/h4,6,8,11H,1-3H3. The van der Waals surface area contributed by atoms with Crippen LogP contribution in [-0.4, -0.2) is 25.0 Å². The Kier molecular flexibility index (Phi) is 3.97. The molecule has 2 atom stereocenters. The van der Waals surface area contributed by atoms with E-state index in [1.54, 1.807) is 6.07 Å². The normalized spacial score (nSPS) is 16.3. The fraction of sp³-hybridized carbons (Fsp3) is 0.556. The maximum absolute atomic E-state index is 11.3. The smallest absolute Gasteiger partial charge is 0.152 e.